The molecule has 0 fully saturated rings. The van der Waals surface area contributed by atoms with Gasteiger partial charge in [0.15, 0.2) is 0 Å². The molecule has 1 aliphatic carbocycles. The van der Waals surface area contributed by atoms with Gasteiger partial charge >= 0.3 is 5.97 Å². The zero-order valence-electron chi connectivity index (χ0n) is 12.4. The molecule has 0 bridgehead atoms. The number of carbonyl (C=O) groups is 1. The third kappa shape index (κ3) is 3.34. The number of allylic oxidation sites excluding steroid dienone is 1. The van der Waals surface area contributed by atoms with Crippen LogP contribution in [0.4, 0.5) is 0 Å². The van der Waals surface area contributed by atoms with E-state index in [1.165, 1.54) is 5.56 Å². The lowest BCUT2D eigenvalue weighted by molar-refractivity contribution is -0.135. The highest BCUT2D eigenvalue weighted by atomic mass is 16.5. The fourth-order valence-corrected chi connectivity index (χ4v) is 2.63. The normalized spacial score (nSPS) is 13.5. The summed E-state index contributed by atoms with van der Waals surface area (Å²) in [5.41, 5.74) is 4.01. The largest absolute Gasteiger partial charge is 0.458 e. The molecule has 0 aliphatic heterocycles. The Morgan fingerprint density at radius 1 is 1.05 bits per heavy atom. The summed E-state index contributed by atoms with van der Waals surface area (Å²) in [6.45, 7) is 0.285. The molecule has 0 heterocycles. The van der Waals surface area contributed by atoms with E-state index in [1.807, 2.05) is 66.8 Å². The average molecular weight is 290 g/mol. The van der Waals surface area contributed by atoms with E-state index in [2.05, 4.69) is 6.07 Å². The molecule has 0 atom stereocenters. The van der Waals surface area contributed by atoms with Gasteiger partial charge in [-0.1, -0.05) is 66.7 Å². The topological polar surface area (TPSA) is 26.3 Å². The lowest BCUT2D eigenvalue weighted by Crippen LogP contribution is -2.11. The van der Waals surface area contributed by atoms with Crippen molar-refractivity contribution >= 4 is 17.6 Å². The molecule has 2 heteroatoms. The Morgan fingerprint density at radius 2 is 1.82 bits per heavy atom. The highest BCUT2D eigenvalue weighted by molar-refractivity contribution is 6.17. The quantitative estimate of drug-likeness (QED) is 0.786. The fourth-order valence-electron chi connectivity index (χ4n) is 2.63. The smallest absolute Gasteiger partial charge is 0.338 e. The first kappa shape index (κ1) is 14.3. The Balaban J connectivity index is 1.61. The predicted molar refractivity (Wildman–Crippen MR) is 89.2 cm³/mol. The number of benzene rings is 2. The highest BCUT2D eigenvalue weighted by Crippen LogP contribution is 2.27. The molecule has 1 aliphatic rings. The van der Waals surface area contributed by atoms with Crippen LogP contribution in [0.15, 0.2) is 66.7 Å². The van der Waals surface area contributed by atoms with Gasteiger partial charge in [0.25, 0.3) is 0 Å². The minimum atomic E-state index is -0.245. The molecule has 0 spiro atoms. The summed E-state index contributed by atoms with van der Waals surface area (Å²) >= 11 is 0. The predicted octanol–water partition coefficient (Wildman–Crippen LogP) is 4.27. The van der Waals surface area contributed by atoms with E-state index >= 15 is 0 Å². The summed E-state index contributed by atoms with van der Waals surface area (Å²) < 4.78 is 5.37. The first-order valence-electron chi connectivity index (χ1n) is 7.52. The van der Waals surface area contributed by atoms with Gasteiger partial charge < -0.3 is 4.74 Å². The Hall–Kier alpha value is -2.61. The van der Waals surface area contributed by atoms with Gasteiger partial charge in [-0.25, -0.2) is 4.79 Å². The molecule has 22 heavy (non-hydrogen) atoms. The second kappa shape index (κ2) is 6.90. The van der Waals surface area contributed by atoms with Crippen LogP contribution >= 0.6 is 0 Å². The van der Waals surface area contributed by atoms with Gasteiger partial charge in [0.05, 0.1) is 5.57 Å². The maximum atomic E-state index is 12.2. The summed E-state index contributed by atoms with van der Waals surface area (Å²) in [5, 5.41) is 0. The fraction of sp³-hybridized carbons (Fsp3) is 0.150. The Bertz CT molecular complexity index is 711. The van der Waals surface area contributed by atoms with Gasteiger partial charge in [-0.3, -0.25) is 0 Å². The molecule has 0 amide bonds. The van der Waals surface area contributed by atoms with Gasteiger partial charge in [0, 0.05) is 0 Å². The van der Waals surface area contributed by atoms with E-state index < -0.39 is 0 Å². The number of fused-ring (bicyclic) bond motifs is 1. The maximum Gasteiger partial charge on any atom is 0.338 e. The second-order valence-corrected chi connectivity index (χ2v) is 5.23. The molecule has 110 valence electrons. The van der Waals surface area contributed by atoms with Gasteiger partial charge in [0.1, 0.15) is 6.61 Å². The van der Waals surface area contributed by atoms with Crippen molar-refractivity contribution in [3.05, 3.63) is 83.4 Å². The van der Waals surface area contributed by atoms with Crippen molar-refractivity contribution < 1.29 is 9.53 Å². The van der Waals surface area contributed by atoms with Gasteiger partial charge in [-0.15, -0.1) is 0 Å². The zero-order valence-corrected chi connectivity index (χ0v) is 12.4. The standard InChI is InChI=1S/C20H18O2/c21-20(22-15-7-10-16-8-2-1-3-9-16)19-14-6-12-17-11-4-5-13-18(17)19/h1-5,7-11,13-14H,6,12,15H2/b10-7+. The summed E-state index contributed by atoms with van der Waals surface area (Å²) in [4.78, 5) is 12.2. The van der Waals surface area contributed by atoms with Crippen molar-refractivity contribution in [3.63, 3.8) is 0 Å². The van der Waals surface area contributed by atoms with Crippen molar-refractivity contribution in [2.24, 2.45) is 0 Å². The number of rotatable bonds is 4. The van der Waals surface area contributed by atoms with Crippen LogP contribution < -0.4 is 0 Å². The van der Waals surface area contributed by atoms with Gasteiger partial charge in [-0.05, 0) is 35.6 Å². The molecule has 2 nitrogen and oxygen atoms in total. The number of hydrogen-bond acceptors (Lipinski definition) is 2. The molecular weight excluding hydrogens is 272 g/mol. The second-order valence-electron chi connectivity index (χ2n) is 5.23. The maximum absolute atomic E-state index is 12.2. The Kier molecular flexibility index (Phi) is 4.50. The van der Waals surface area contributed by atoms with Crippen LogP contribution in [0.1, 0.15) is 23.1 Å². The first-order valence-corrected chi connectivity index (χ1v) is 7.52. The minimum absolute atomic E-state index is 0.245. The van der Waals surface area contributed by atoms with E-state index in [1.54, 1.807) is 0 Å². The van der Waals surface area contributed by atoms with Crippen LogP contribution in [-0.2, 0) is 16.0 Å². The molecule has 0 saturated heterocycles. The molecule has 0 saturated carbocycles. The van der Waals surface area contributed by atoms with Crippen LogP contribution in [0.25, 0.3) is 11.6 Å². The summed E-state index contributed by atoms with van der Waals surface area (Å²) in [5.74, 6) is -0.245. The molecule has 3 rings (SSSR count). The van der Waals surface area contributed by atoms with Crippen molar-refractivity contribution in [2.45, 2.75) is 12.8 Å². The van der Waals surface area contributed by atoms with Gasteiger partial charge in [-0.2, -0.15) is 0 Å². The summed E-state index contributed by atoms with van der Waals surface area (Å²) in [6.07, 6.45) is 7.67. The first-order chi connectivity index (χ1) is 10.8. The zero-order chi connectivity index (χ0) is 15.2. The lowest BCUT2D eigenvalue weighted by atomic mass is 9.91. The number of hydrogen-bond donors (Lipinski definition) is 0. The Morgan fingerprint density at radius 3 is 2.68 bits per heavy atom. The molecule has 0 radical (unpaired) electrons. The minimum Gasteiger partial charge on any atom is -0.458 e. The number of ether oxygens (including phenoxy) is 1. The average Bonchev–Trinajstić information content (AvgIpc) is 2.59. The van der Waals surface area contributed by atoms with E-state index in [0.717, 1.165) is 24.0 Å². The van der Waals surface area contributed by atoms with Crippen molar-refractivity contribution in [3.8, 4) is 0 Å². The summed E-state index contributed by atoms with van der Waals surface area (Å²) in [7, 11) is 0. The van der Waals surface area contributed by atoms with Crippen LogP contribution in [0.2, 0.25) is 0 Å². The van der Waals surface area contributed by atoms with Crippen molar-refractivity contribution in [1.82, 2.24) is 0 Å². The summed E-state index contributed by atoms with van der Waals surface area (Å²) in [6, 6.07) is 18.0. The number of esters is 1. The molecule has 2 aromatic carbocycles. The van der Waals surface area contributed by atoms with Crippen LogP contribution in [0.3, 0.4) is 0 Å². The number of aryl methyl sites for hydroxylation is 1. The molecule has 2 aromatic rings. The van der Waals surface area contributed by atoms with Gasteiger partial charge in [0.2, 0.25) is 0 Å². The highest BCUT2D eigenvalue weighted by Gasteiger charge is 2.18. The molecule has 0 N–H and O–H groups in total. The third-order valence-electron chi connectivity index (χ3n) is 3.71. The third-order valence-corrected chi connectivity index (χ3v) is 3.71. The lowest BCUT2D eigenvalue weighted by Gasteiger charge is -2.16. The molecule has 0 aromatic heterocycles. The van der Waals surface area contributed by atoms with E-state index in [-0.39, 0.29) is 12.6 Å². The monoisotopic (exact) mass is 290 g/mol. The van der Waals surface area contributed by atoms with Crippen molar-refractivity contribution in [1.29, 1.82) is 0 Å². The van der Waals surface area contributed by atoms with Crippen LogP contribution in [0.5, 0.6) is 0 Å². The van der Waals surface area contributed by atoms with Crippen molar-refractivity contribution in [2.75, 3.05) is 6.61 Å². The molecular formula is C20H18O2. The SMILES string of the molecule is O=C(OC/C=C/c1ccccc1)C1=CCCc2ccccc21. The van der Waals surface area contributed by atoms with Crippen LogP contribution in [-0.4, -0.2) is 12.6 Å². The van der Waals surface area contributed by atoms with E-state index in [0.29, 0.717) is 5.57 Å². The van der Waals surface area contributed by atoms with E-state index in [9.17, 15) is 4.79 Å². The van der Waals surface area contributed by atoms with Crippen LogP contribution in [0, 0.1) is 0 Å². The molecule has 0 unspecified atom stereocenters. The van der Waals surface area contributed by atoms with E-state index in [4.69, 9.17) is 4.74 Å². The Labute approximate surface area is 130 Å². The number of carbonyl (C=O) groups excluding carboxylic acids is 1.